The van der Waals surface area contributed by atoms with Crippen LogP contribution in [0.25, 0.3) is 0 Å². The van der Waals surface area contributed by atoms with Crippen molar-refractivity contribution >= 4 is 0 Å². The van der Waals surface area contributed by atoms with Gasteiger partial charge in [0.1, 0.15) is 0 Å². The van der Waals surface area contributed by atoms with E-state index in [9.17, 15) is 0 Å². The largest absolute Gasteiger partial charge is 0.297 e. The Hall–Kier alpha value is -0.550. The molecule has 1 rings (SSSR count). The van der Waals surface area contributed by atoms with Crippen LogP contribution < -0.4 is 0 Å². The van der Waals surface area contributed by atoms with Gasteiger partial charge in [0, 0.05) is 12.1 Å². The Kier molecular flexibility index (Phi) is 4.41. The highest BCUT2D eigenvalue weighted by molar-refractivity contribution is 4.98. The normalized spacial score (nSPS) is 27.1. The van der Waals surface area contributed by atoms with Gasteiger partial charge in [-0.25, -0.2) is 0 Å². The van der Waals surface area contributed by atoms with E-state index in [4.69, 9.17) is 5.26 Å². The van der Waals surface area contributed by atoms with Crippen LogP contribution in [0.3, 0.4) is 0 Å². The molecule has 0 heterocycles. The van der Waals surface area contributed by atoms with Crippen molar-refractivity contribution in [3.8, 4) is 6.07 Å². The van der Waals surface area contributed by atoms with E-state index in [1.165, 1.54) is 19.3 Å². The average molecular weight is 194 g/mol. The molecule has 2 heteroatoms. The Bertz CT molecular complexity index is 205. The van der Waals surface area contributed by atoms with Gasteiger partial charge in [0.15, 0.2) is 0 Å². The van der Waals surface area contributed by atoms with Crippen molar-refractivity contribution in [2.24, 2.45) is 5.92 Å². The molecule has 0 radical (unpaired) electrons. The van der Waals surface area contributed by atoms with E-state index in [0.29, 0.717) is 12.1 Å². The number of nitrogens with zero attached hydrogens (tertiary/aromatic N) is 2. The van der Waals surface area contributed by atoms with Gasteiger partial charge in [-0.05, 0) is 39.7 Å². The summed E-state index contributed by atoms with van der Waals surface area (Å²) >= 11 is 0. The lowest BCUT2D eigenvalue weighted by Gasteiger charge is -2.33. The van der Waals surface area contributed by atoms with Crippen LogP contribution in [0, 0.1) is 17.2 Å². The summed E-state index contributed by atoms with van der Waals surface area (Å²) in [5.74, 6) is 0.281. The van der Waals surface area contributed by atoms with Crippen LogP contribution in [-0.2, 0) is 0 Å². The fraction of sp³-hybridized carbons (Fsp3) is 0.917. The van der Waals surface area contributed by atoms with Gasteiger partial charge in [0.25, 0.3) is 0 Å². The third-order valence-corrected chi connectivity index (χ3v) is 3.22. The second-order valence-electron chi connectivity index (χ2n) is 4.57. The fourth-order valence-electron chi connectivity index (χ4n) is 2.55. The highest BCUT2D eigenvalue weighted by atomic mass is 15.2. The molecule has 1 aliphatic carbocycles. The molecule has 80 valence electrons. The average Bonchev–Trinajstić information content (AvgIpc) is 2.61. The highest BCUT2D eigenvalue weighted by Crippen LogP contribution is 2.30. The summed E-state index contributed by atoms with van der Waals surface area (Å²) < 4.78 is 0. The zero-order valence-corrected chi connectivity index (χ0v) is 9.66. The molecular formula is C12H22N2. The molecule has 1 saturated carbocycles. The Morgan fingerprint density at radius 3 is 2.64 bits per heavy atom. The molecule has 0 aromatic heterocycles. The molecule has 2 nitrogen and oxygen atoms in total. The molecular weight excluding hydrogens is 172 g/mol. The molecule has 2 unspecified atom stereocenters. The molecule has 1 aliphatic rings. The number of hydrogen-bond donors (Lipinski definition) is 0. The molecule has 1 fully saturated rings. The van der Waals surface area contributed by atoms with Crippen molar-refractivity contribution < 1.29 is 0 Å². The van der Waals surface area contributed by atoms with Gasteiger partial charge in [-0.3, -0.25) is 4.90 Å². The number of hydrogen-bond acceptors (Lipinski definition) is 2. The highest BCUT2D eigenvalue weighted by Gasteiger charge is 2.32. The van der Waals surface area contributed by atoms with Crippen LogP contribution in [0.1, 0.15) is 46.5 Å². The van der Waals surface area contributed by atoms with Gasteiger partial charge in [-0.1, -0.05) is 13.3 Å². The van der Waals surface area contributed by atoms with Crippen molar-refractivity contribution in [3.63, 3.8) is 0 Å². The lowest BCUT2D eigenvalue weighted by atomic mass is 10.0. The van der Waals surface area contributed by atoms with E-state index < -0.39 is 0 Å². The molecule has 0 aromatic carbocycles. The minimum atomic E-state index is 0.281. The molecule has 2 atom stereocenters. The smallest absolute Gasteiger partial charge is 0.0672 e. The van der Waals surface area contributed by atoms with Crippen molar-refractivity contribution in [1.29, 1.82) is 5.26 Å². The van der Waals surface area contributed by atoms with Crippen LogP contribution in [-0.4, -0.2) is 23.5 Å². The van der Waals surface area contributed by atoms with Gasteiger partial charge < -0.3 is 0 Å². The molecule has 0 amide bonds. The van der Waals surface area contributed by atoms with Gasteiger partial charge in [0.2, 0.25) is 0 Å². The van der Waals surface area contributed by atoms with Crippen molar-refractivity contribution in [2.45, 2.75) is 58.5 Å². The maximum Gasteiger partial charge on any atom is 0.0672 e. The minimum Gasteiger partial charge on any atom is -0.297 e. The standard InChI is InChI=1S/C12H22N2/c1-4-8-14(10(2)3)12-7-5-6-11(12)9-13/h10-12H,4-8H2,1-3H3. The van der Waals surface area contributed by atoms with E-state index >= 15 is 0 Å². The summed E-state index contributed by atoms with van der Waals surface area (Å²) in [6.45, 7) is 7.83. The third-order valence-electron chi connectivity index (χ3n) is 3.22. The fourth-order valence-corrected chi connectivity index (χ4v) is 2.55. The minimum absolute atomic E-state index is 0.281. The first-order valence-corrected chi connectivity index (χ1v) is 5.86. The van der Waals surface area contributed by atoms with E-state index in [2.05, 4.69) is 31.7 Å². The van der Waals surface area contributed by atoms with Gasteiger partial charge >= 0.3 is 0 Å². The monoisotopic (exact) mass is 194 g/mol. The van der Waals surface area contributed by atoms with Crippen molar-refractivity contribution in [2.75, 3.05) is 6.54 Å². The summed E-state index contributed by atoms with van der Waals surface area (Å²) in [5, 5.41) is 9.06. The van der Waals surface area contributed by atoms with E-state index in [1.54, 1.807) is 0 Å². The Balaban J connectivity index is 2.62. The summed E-state index contributed by atoms with van der Waals surface area (Å²) in [6, 6.07) is 3.57. The second kappa shape index (κ2) is 5.36. The number of nitriles is 1. The second-order valence-corrected chi connectivity index (χ2v) is 4.57. The van der Waals surface area contributed by atoms with Crippen LogP contribution in [0.2, 0.25) is 0 Å². The maximum atomic E-state index is 9.06. The van der Waals surface area contributed by atoms with Gasteiger partial charge in [-0.2, -0.15) is 5.26 Å². The SMILES string of the molecule is CCCN(C(C)C)C1CCCC1C#N. The predicted molar refractivity (Wildman–Crippen MR) is 58.9 cm³/mol. The molecule has 0 aromatic rings. The topological polar surface area (TPSA) is 27.0 Å². The first-order chi connectivity index (χ1) is 6.70. The number of rotatable bonds is 4. The van der Waals surface area contributed by atoms with E-state index in [1.807, 2.05) is 0 Å². The Morgan fingerprint density at radius 1 is 1.43 bits per heavy atom. The summed E-state index contributed by atoms with van der Waals surface area (Å²) in [6.07, 6.45) is 4.74. The lowest BCUT2D eigenvalue weighted by molar-refractivity contribution is 0.138. The Morgan fingerprint density at radius 2 is 2.14 bits per heavy atom. The van der Waals surface area contributed by atoms with Crippen molar-refractivity contribution in [1.82, 2.24) is 4.90 Å². The lowest BCUT2D eigenvalue weighted by Crippen LogP contribution is -2.42. The first kappa shape index (κ1) is 11.5. The molecule has 0 saturated heterocycles. The van der Waals surface area contributed by atoms with E-state index in [-0.39, 0.29) is 5.92 Å². The Labute approximate surface area is 87.9 Å². The molecule has 0 aliphatic heterocycles. The maximum absolute atomic E-state index is 9.06. The van der Waals surface area contributed by atoms with Crippen LogP contribution >= 0.6 is 0 Å². The first-order valence-electron chi connectivity index (χ1n) is 5.86. The van der Waals surface area contributed by atoms with Crippen LogP contribution in [0.4, 0.5) is 0 Å². The zero-order valence-electron chi connectivity index (χ0n) is 9.66. The molecule has 0 bridgehead atoms. The van der Waals surface area contributed by atoms with E-state index in [0.717, 1.165) is 13.0 Å². The predicted octanol–water partition coefficient (Wildman–Crippen LogP) is 2.80. The molecule has 14 heavy (non-hydrogen) atoms. The third kappa shape index (κ3) is 2.48. The summed E-state index contributed by atoms with van der Waals surface area (Å²) in [4.78, 5) is 2.51. The molecule has 0 spiro atoms. The van der Waals surface area contributed by atoms with Gasteiger partial charge in [-0.15, -0.1) is 0 Å². The summed E-state index contributed by atoms with van der Waals surface area (Å²) in [5.41, 5.74) is 0. The molecule has 0 N–H and O–H groups in total. The van der Waals surface area contributed by atoms with Crippen LogP contribution in [0.5, 0.6) is 0 Å². The van der Waals surface area contributed by atoms with Crippen LogP contribution in [0.15, 0.2) is 0 Å². The van der Waals surface area contributed by atoms with Crippen molar-refractivity contribution in [3.05, 3.63) is 0 Å². The summed E-state index contributed by atoms with van der Waals surface area (Å²) in [7, 11) is 0. The quantitative estimate of drug-likeness (QED) is 0.688. The van der Waals surface area contributed by atoms with Gasteiger partial charge in [0.05, 0.1) is 12.0 Å². The zero-order chi connectivity index (χ0) is 10.6.